The predicted molar refractivity (Wildman–Crippen MR) is 65.0 cm³/mol. The van der Waals surface area contributed by atoms with Gasteiger partial charge in [0, 0.05) is 12.0 Å². The number of rotatable bonds is 1. The van der Waals surface area contributed by atoms with Crippen LogP contribution in [-0.2, 0) is 6.42 Å². The Morgan fingerprint density at radius 3 is 2.75 bits per heavy atom. The van der Waals surface area contributed by atoms with Gasteiger partial charge >= 0.3 is 0 Å². The molecule has 0 saturated carbocycles. The molecule has 3 nitrogen and oxygen atoms in total. The number of nitrogen functional groups attached to an aromatic ring is 1. The Morgan fingerprint density at radius 2 is 1.94 bits per heavy atom. The van der Waals surface area contributed by atoms with E-state index in [-0.39, 0.29) is 0 Å². The van der Waals surface area contributed by atoms with E-state index in [1.165, 1.54) is 0 Å². The van der Waals surface area contributed by atoms with E-state index in [9.17, 15) is 0 Å². The maximum absolute atomic E-state index is 5.70. The molecule has 2 N–H and O–H groups in total. The third-order valence-electron chi connectivity index (χ3n) is 2.67. The van der Waals surface area contributed by atoms with Gasteiger partial charge in [0.15, 0.2) is 5.82 Å². The Morgan fingerprint density at radius 1 is 1.12 bits per heavy atom. The van der Waals surface area contributed by atoms with Gasteiger partial charge in [-0.15, -0.1) is 0 Å². The average molecular weight is 209 g/mol. The van der Waals surface area contributed by atoms with Gasteiger partial charge in [0.25, 0.3) is 0 Å². The zero-order valence-electron chi connectivity index (χ0n) is 8.72. The first kappa shape index (κ1) is 9.09. The highest BCUT2D eigenvalue weighted by molar-refractivity contribution is 6.06. The minimum absolute atomic E-state index is 0.697. The number of pyridine rings is 1. The summed E-state index contributed by atoms with van der Waals surface area (Å²) in [5.41, 5.74) is 9.72. The molecule has 3 heteroatoms. The molecule has 0 unspecified atom stereocenters. The molecule has 0 aliphatic carbocycles. The van der Waals surface area contributed by atoms with Crippen LogP contribution in [0.3, 0.4) is 0 Å². The second kappa shape index (κ2) is 3.45. The summed E-state index contributed by atoms with van der Waals surface area (Å²) in [5, 5.41) is 0. The molecule has 2 aromatic rings. The summed E-state index contributed by atoms with van der Waals surface area (Å²) in [6, 6.07) is 12.1. The number of hydrogen-bond acceptors (Lipinski definition) is 3. The Kier molecular flexibility index (Phi) is 1.96. The lowest BCUT2D eigenvalue weighted by Gasteiger charge is -1.98. The van der Waals surface area contributed by atoms with Crippen LogP contribution in [0.5, 0.6) is 0 Å². The summed E-state index contributed by atoms with van der Waals surface area (Å²) in [6.45, 7) is 0. The first-order chi connectivity index (χ1) is 7.83. The molecule has 2 heterocycles. The quantitative estimate of drug-likeness (QED) is 0.783. The van der Waals surface area contributed by atoms with Gasteiger partial charge in [-0.1, -0.05) is 30.3 Å². The fraction of sp³-hybridized carbons (Fsp3) is 0.0769. The molecular weight excluding hydrogens is 198 g/mol. The Bertz CT molecular complexity index is 559. The third kappa shape index (κ3) is 1.46. The smallest absolute Gasteiger partial charge is 0.155 e. The Labute approximate surface area is 93.7 Å². The van der Waals surface area contributed by atoms with Crippen molar-refractivity contribution in [2.45, 2.75) is 6.42 Å². The average Bonchev–Trinajstić information content (AvgIpc) is 2.73. The van der Waals surface area contributed by atoms with Crippen molar-refractivity contribution in [2.24, 2.45) is 4.99 Å². The van der Waals surface area contributed by atoms with Crippen LogP contribution in [-0.4, -0.2) is 10.7 Å². The minimum Gasteiger partial charge on any atom is -0.397 e. The van der Waals surface area contributed by atoms with Crippen LogP contribution in [0.1, 0.15) is 11.1 Å². The molecule has 0 saturated heterocycles. The molecule has 78 valence electrons. The molecule has 0 fully saturated rings. The van der Waals surface area contributed by atoms with Crippen LogP contribution >= 0.6 is 0 Å². The van der Waals surface area contributed by atoms with Crippen LogP contribution in [0, 0.1) is 0 Å². The van der Waals surface area contributed by atoms with Crippen molar-refractivity contribution in [1.29, 1.82) is 0 Å². The number of fused-ring (bicyclic) bond motifs is 1. The van der Waals surface area contributed by atoms with Crippen molar-refractivity contribution in [3.63, 3.8) is 0 Å². The van der Waals surface area contributed by atoms with E-state index in [0.29, 0.717) is 5.69 Å². The molecule has 1 aromatic heterocycles. The van der Waals surface area contributed by atoms with E-state index in [2.05, 4.69) is 22.1 Å². The first-order valence-electron chi connectivity index (χ1n) is 5.20. The van der Waals surface area contributed by atoms with Gasteiger partial charge in [-0.25, -0.2) is 9.98 Å². The Balaban J connectivity index is 2.00. The minimum atomic E-state index is 0.697. The molecule has 0 spiro atoms. The summed E-state index contributed by atoms with van der Waals surface area (Å²) < 4.78 is 0. The van der Waals surface area contributed by atoms with Gasteiger partial charge in [-0.05, 0) is 11.6 Å². The number of hydrogen-bond donors (Lipinski definition) is 1. The van der Waals surface area contributed by atoms with Crippen LogP contribution in [0.2, 0.25) is 0 Å². The molecule has 16 heavy (non-hydrogen) atoms. The third-order valence-corrected chi connectivity index (χ3v) is 2.67. The normalized spacial score (nSPS) is 13.4. The van der Waals surface area contributed by atoms with Crippen molar-refractivity contribution in [1.82, 2.24) is 4.98 Å². The highest BCUT2D eigenvalue weighted by atomic mass is 14.9. The van der Waals surface area contributed by atoms with E-state index < -0.39 is 0 Å². The summed E-state index contributed by atoms with van der Waals surface area (Å²) in [5.74, 6) is 0.799. The standard InChI is InChI=1S/C13H11N3/c14-11-6-10-7-12(16-13(10)15-8-11)9-4-2-1-3-5-9/h1-6,8H,7,14H2. The highest BCUT2D eigenvalue weighted by Crippen LogP contribution is 2.27. The van der Waals surface area contributed by atoms with Crippen molar-refractivity contribution in [2.75, 3.05) is 5.73 Å². The van der Waals surface area contributed by atoms with E-state index >= 15 is 0 Å². The lowest BCUT2D eigenvalue weighted by Crippen LogP contribution is -1.99. The largest absolute Gasteiger partial charge is 0.397 e. The van der Waals surface area contributed by atoms with Crippen molar-refractivity contribution in [3.8, 4) is 0 Å². The summed E-state index contributed by atoms with van der Waals surface area (Å²) in [7, 11) is 0. The topological polar surface area (TPSA) is 51.3 Å². The number of nitrogens with zero attached hydrogens (tertiary/aromatic N) is 2. The molecule has 0 amide bonds. The SMILES string of the molecule is Nc1cnc2c(c1)CC(c1ccccc1)=N2. The van der Waals surface area contributed by atoms with E-state index in [0.717, 1.165) is 29.1 Å². The van der Waals surface area contributed by atoms with Crippen LogP contribution in [0.25, 0.3) is 0 Å². The monoisotopic (exact) mass is 209 g/mol. The van der Waals surface area contributed by atoms with Crippen molar-refractivity contribution >= 4 is 17.2 Å². The molecule has 0 atom stereocenters. The molecular formula is C13H11N3. The predicted octanol–water partition coefficient (Wildman–Crippen LogP) is 2.34. The number of aliphatic imine (C=N–C) groups is 1. The summed E-state index contributed by atoms with van der Waals surface area (Å²) in [6.07, 6.45) is 2.47. The van der Waals surface area contributed by atoms with Gasteiger partial charge in [0.1, 0.15) is 0 Å². The number of nitrogens with two attached hydrogens (primary N) is 1. The highest BCUT2D eigenvalue weighted by Gasteiger charge is 2.16. The van der Waals surface area contributed by atoms with E-state index in [4.69, 9.17) is 5.73 Å². The Hall–Kier alpha value is -2.16. The van der Waals surface area contributed by atoms with Gasteiger partial charge in [0.05, 0.1) is 17.6 Å². The second-order valence-corrected chi connectivity index (χ2v) is 3.85. The fourth-order valence-electron chi connectivity index (χ4n) is 1.90. The first-order valence-corrected chi connectivity index (χ1v) is 5.20. The van der Waals surface area contributed by atoms with Crippen molar-refractivity contribution < 1.29 is 0 Å². The second-order valence-electron chi connectivity index (χ2n) is 3.85. The number of aromatic nitrogens is 1. The molecule has 0 radical (unpaired) electrons. The van der Waals surface area contributed by atoms with Crippen LogP contribution in [0.15, 0.2) is 47.6 Å². The maximum atomic E-state index is 5.70. The number of benzene rings is 1. The summed E-state index contributed by atoms with van der Waals surface area (Å²) >= 11 is 0. The van der Waals surface area contributed by atoms with Crippen LogP contribution in [0.4, 0.5) is 11.5 Å². The molecule has 1 aliphatic rings. The molecule has 3 rings (SSSR count). The lowest BCUT2D eigenvalue weighted by molar-refractivity contribution is 1.25. The maximum Gasteiger partial charge on any atom is 0.155 e. The zero-order chi connectivity index (χ0) is 11.0. The molecule has 1 aliphatic heterocycles. The van der Waals surface area contributed by atoms with E-state index in [1.54, 1.807) is 6.20 Å². The van der Waals surface area contributed by atoms with Gasteiger partial charge < -0.3 is 5.73 Å². The van der Waals surface area contributed by atoms with Crippen molar-refractivity contribution in [3.05, 3.63) is 53.7 Å². The number of anilines is 1. The molecule has 1 aromatic carbocycles. The fourth-order valence-corrected chi connectivity index (χ4v) is 1.90. The van der Waals surface area contributed by atoms with E-state index in [1.807, 2.05) is 24.3 Å². The zero-order valence-corrected chi connectivity index (χ0v) is 8.72. The lowest BCUT2D eigenvalue weighted by atomic mass is 10.1. The van der Waals surface area contributed by atoms with Crippen LogP contribution < -0.4 is 5.73 Å². The van der Waals surface area contributed by atoms with Gasteiger partial charge in [-0.3, -0.25) is 0 Å². The van der Waals surface area contributed by atoms with Gasteiger partial charge in [0.2, 0.25) is 0 Å². The van der Waals surface area contributed by atoms with Gasteiger partial charge in [-0.2, -0.15) is 0 Å². The molecule has 0 bridgehead atoms. The summed E-state index contributed by atoms with van der Waals surface area (Å²) in [4.78, 5) is 8.74.